The second kappa shape index (κ2) is 8.84. The van der Waals surface area contributed by atoms with Crippen molar-refractivity contribution in [2.45, 2.75) is 20.3 Å². The van der Waals surface area contributed by atoms with E-state index in [0.29, 0.717) is 18.2 Å². The van der Waals surface area contributed by atoms with E-state index in [0.717, 1.165) is 23.3 Å². The predicted molar refractivity (Wildman–Crippen MR) is 101 cm³/mol. The lowest BCUT2D eigenvalue weighted by atomic mass is 10.2. The highest BCUT2D eigenvalue weighted by Gasteiger charge is 2.12. The highest BCUT2D eigenvalue weighted by molar-refractivity contribution is 5.90. The molecule has 7 nitrogen and oxygen atoms in total. The molecule has 0 aliphatic rings. The van der Waals surface area contributed by atoms with E-state index < -0.39 is 0 Å². The molecule has 3 aromatic rings. The molecule has 1 N–H and O–H groups in total. The van der Waals surface area contributed by atoms with Crippen LogP contribution in [0.5, 0.6) is 11.5 Å². The van der Waals surface area contributed by atoms with Crippen molar-refractivity contribution in [3.63, 3.8) is 0 Å². The topological polar surface area (TPSA) is 86.5 Å². The summed E-state index contributed by atoms with van der Waals surface area (Å²) in [7, 11) is 0. The van der Waals surface area contributed by atoms with E-state index in [2.05, 4.69) is 22.4 Å². The Morgan fingerprint density at radius 3 is 2.41 bits per heavy atom. The van der Waals surface area contributed by atoms with Crippen LogP contribution in [0.25, 0.3) is 11.5 Å². The molecule has 0 unspecified atom stereocenters. The van der Waals surface area contributed by atoms with Crippen LogP contribution in [-0.4, -0.2) is 29.3 Å². The minimum absolute atomic E-state index is 0.0915. The van der Waals surface area contributed by atoms with Gasteiger partial charge in [-0.1, -0.05) is 24.6 Å². The van der Waals surface area contributed by atoms with Gasteiger partial charge in [0.05, 0.1) is 6.61 Å². The van der Waals surface area contributed by atoms with E-state index in [1.54, 1.807) is 0 Å². The van der Waals surface area contributed by atoms with Gasteiger partial charge in [-0.2, -0.15) is 4.98 Å². The molecule has 1 heterocycles. The molecule has 0 bridgehead atoms. The monoisotopic (exact) mass is 367 g/mol. The van der Waals surface area contributed by atoms with E-state index in [9.17, 15) is 4.79 Å². The first kappa shape index (κ1) is 18.4. The van der Waals surface area contributed by atoms with Crippen LogP contribution in [0.4, 0.5) is 5.95 Å². The van der Waals surface area contributed by atoms with Crippen molar-refractivity contribution in [3.05, 3.63) is 54.1 Å². The van der Waals surface area contributed by atoms with Gasteiger partial charge in [0.25, 0.3) is 17.7 Å². The molecule has 0 spiro atoms. The van der Waals surface area contributed by atoms with Gasteiger partial charge in [-0.15, -0.1) is 0 Å². The number of aromatic nitrogens is 2. The SMILES string of the molecule is CCCOc1ccc(-c2nc(NC(=O)COc3ccc(C)cc3)no2)cc1. The second-order valence-electron chi connectivity index (χ2n) is 5.95. The molecule has 0 radical (unpaired) electrons. The summed E-state index contributed by atoms with van der Waals surface area (Å²) in [5, 5.41) is 6.31. The van der Waals surface area contributed by atoms with Gasteiger partial charge in [-0.25, -0.2) is 0 Å². The normalized spacial score (nSPS) is 10.4. The van der Waals surface area contributed by atoms with E-state index in [1.807, 2.05) is 55.5 Å². The summed E-state index contributed by atoms with van der Waals surface area (Å²) < 4.78 is 16.1. The number of nitrogens with zero attached hydrogens (tertiary/aromatic N) is 2. The van der Waals surface area contributed by atoms with Gasteiger partial charge >= 0.3 is 0 Å². The maximum Gasteiger partial charge on any atom is 0.270 e. The molecule has 140 valence electrons. The lowest BCUT2D eigenvalue weighted by Gasteiger charge is -2.05. The summed E-state index contributed by atoms with van der Waals surface area (Å²) >= 11 is 0. The lowest BCUT2D eigenvalue weighted by molar-refractivity contribution is -0.118. The van der Waals surface area contributed by atoms with Crippen LogP contribution in [0.15, 0.2) is 53.1 Å². The van der Waals surface area contributed by atoms with Crippen molar-refractivity contribution in [3.8, 4) is 23.0 Å². The number of carbonyl (C=O) groups is 1. The molecule has 27 heavy (non-hydrogen) atoms. The molecule has 0 saturated carbocycles. The van der Waals surface area contributed by atoms with Crippen molar-refractivity contribution in [2.24, 2.45) is 0 Å². The standard InChI is InChI=1S/C20H21N3O4/c1-3-12-25-16-10-6-15(7-11-16)19-22-20(23-27-19)21-18(24)13-26-17-8-4-14(2)5-9-17/h4-11H,3,12-13H2,1-2H3,(H,21,23,24). The van der Waals surface area contributed by atoms with Gasteiger partial charge in [0, 0.05) is 5.56 Å². The molecule has 3 rings (SSSR count). The Morgan fingerprint density at radius 1 is 1.04 bits per heavy atom. The molecule has 1 amide bonds. The zero-order chi connectivity index (χ0) is 19.1. The summed E-state index contributed by atoms with van der Waals surface area (Å²) in [5.41, 5.74) is 1.86. The van der Waals surface area contributed by atoms with Crippen molar-refractivity contribution >= 4 is 11.9 Å². The third kappa shape index (κ3) is 5.31. The Kier molecular flexibility index (Phi) is 6.04. The number of hydrogen-bond donors (Lipinski definition) is 1. The largest absolute Gasteiger partial charge is 0.494 e. The molecule has 7 heteroatoms. The fraction of sp³-hybridized carbons (Fsp3) is 0.250. The average Bonchev–Trinajstić information content (AvgIpc) is 3.14. The van der Waals surface area contributed by atoms with Crippen LogP contribution >= 0.6 is 0 Å². The van der Waals surface area contributed by atoms with Crippen molar-refractivity contribution in [1.82, 2.24) is 10.1 Å². The number of anilines is 1. The van der Waals surface area contributed by atoms with Crippen LogP contribution in [-0.2, 0) is 4.79 Å². The minimum atomic E-state index is -0.369. The Morgan fingerprint density at radius 2 is 1.70 bits per heavy atom. The van der Waals surface area contributed by atoms with Gasteiger partial charge in [0.2, 0.25) is 0 Å². The Hall–Kier alpha value is -3.35. The van der Waals surface area contributed by atoms with Gasteiger partial charge in [-0.3, -0.25) is 10.1 Å². The third-order valence-electron chi connectivity index (χ3n) is 3.64. The summed E-state index contributed by atoms with van der Waals surface area (Å²) in [4.78, 5) is 16.1. The van der Waals surface area contributed by atoms with Gasteiger partial charge in [0.1, 0.15) is 11.5 Å². The van der Waals surface area contributed by atoms with Crippen LogP contribution in [0.3, 0.4) is 0 Å². The fourth-order valence-corrected chi connectivity index (χ4v) is 2.25. The number of benzene rings is 2. The first-order valence-electron chi connectivity index (χ1n) is 8.70. The molecule has 0 aliphatic carbocycles. The highest BCUT2D eigenvalue weighted by Crippen LogP contribution is 2.22. The lowest BCUT2D eigenvalue weighted by Crippen LogP contribution is -2.20. The summed E-state index contributed by atoms with van der Waals surface area (Å²) in [6.45, 7) is 4.56. The van der Waals surface area contributed by atoms with E-state index >= 15 is 0 Å². The van der Waals surface area contributed by atoms with Crippen molar-refractivity contribution < 1.29 is 18.8 Å². The summed E-state index contributed by atoms with van der Waals surface area (Å²) in [6, 6.07) is 14.8. The zero-order valence-corrected chi connectivity index (χ0v) is 15.3. The molecule has 0 fully saturated rings. The van der Waals surface area contributed by atoms with Crippen molar-refractivity contribution in [2.75, 3.05) is 18.5 Å². The maximum atomic E-state index is 12.0. The average molecular weight is 367 g/mol. The number of nitrogens with one attached hydrogen (secondary N) is 1. The van der Waals surface area contributed by atoms with E-state index in [-0.39, 0.29) is 18.5 Å². The molecule has 0 atom stereocenters. The number of ether oxygens (including phenoxy) is 2. The summed E-state index contributed by atoms with van der Waals surface area (Å²) in [6.07, 6.45) is 0.947. The molecular formula is C20H21N3O4. The summed E-state index contributed by atoms with van der Waals surface area (Å²) in [5.74, 6) is 1.43. The van der Waals surface area contributed by atoms with Gasteiger partial charge in [0.15, 0.2) is 6.61 Å². The first-order chi connectivity index (χ1) is 13.1. The van der Waals surface area contributed by atoms with E-state index in [4.69, 9.17) is 14.0 Å². The quantitative estimate of drug-likeness (QED) is 0.651. The predicted octanol–water partition coefficient (Wildman–Crippen LogP) is 3.85. The first-order valence-corrected chi connectivity index (χ1v) is 8.70. The zero-order valence-electron chi connectivity index (χ0n) is 15.3. The highest BCUT2D eigenvalue weighted by atomic mass is 16.5. The number of carbonyl (C=O) groups excluding carboxylic acids is 1. The number of aryl methyl sites for hydroxylation is 1. The third-order valence-corrected chi connectivity index (χ3v) is 3.64. The van der Waals surface area contributed by atoms with Crippen LogP contribution < -0.4 is 14.8 Å². The molecule has 2 aromatic carbocycles. The molecule has 0 aliphatic heterocycles. The molecule has 0 saturated heterocycles. The maximum absolute atomic E-state index is 12.0. The Bertz CT molecular complexity index is 873. The number of rotatable bonds is 8. The molecule has 1 aromatic heterocycles. The van der Waals surface area contributed by atoms with E-state index in [1.165, 1.54) is 0 Å². The second-order valence-corrected chi connectivity index (χ2v) is 5.95. The minimum Gasteiger partial charge on any atom is -0.494 e. The van der Waals surface area contributed by atoms with Crippen LogP contribution in [0.1, 0.15) is 18.9 Å². The number of amides is 1. The fourth-order valence-electron chi connectivity index (χ4n) is 2.25. The van der Waals surface area contributed by atoms with Crippen LogP contribution in [0.2, 0.25) is 0 Å². The Labute approximate surface area is 157 Å². The smallest absolute Gasteiger partial charge is 0.270 e. The van der Waals surface area contributed by atoms with Crippen molar-refractivity contribution in [1.29, 1.82) is 0 Å². The van der Waals surface area contributed by atoms with Crippen LogP contribution in [0, 0.1) is 6.92 Å². The molecular weight excluding hydrogens is 346 g/mol. The number of hydrogen-bond acceptors (Lipinski definition) is 6. The van der Waals surface area contributed by atoms with Gasteiger partial charge < -0.3 is 14.0 Å². The van der Waals surface area contributed by atoms with Gasteiger partial charge in [-0.05, 0) is 54.9 Å². The Balaban J connectivity index is 1.54.